The first-order valence-corrected chi connectivity index (χ1v) is 5.17. The molecule has 0 bridgehead atoms. The largest absolute Gasteiger partial charge is 0.507 e. The molecule has 0 heterocycles. The molecule has 1 aromatic rings. The SMILES string of the molecule is CN(CC(C)(C)O)C(=O)c1ccc(F)cc1O. The molecule has 0 aliphatic rings. The van der Waals surface area contributed by atoms with Gasteiger partial charge in [-0.15, -0.1) is 0 Å². The van der Waals surface area contributed by atoms with Crippen molar-refractivity contribution in [3.63, 3.8) is 0 Å². The summed E-state index contributed by atoms with van der Waals surface area (Å²) in [6.07, 6.45) is 0. The number of phenols is 1. The summed E-state index contributed by atoms with van der Waals surface area (Å²) in [6, 6.07) is 3.20. The summed E-state index contributed by atoms with van der Waals surface area (Å²) in [5, 5.41) is 19.0. The maximum atomic E-state index is 12.8. The molecule has 1 amide bonds. The molecule has 0 atom stereocenters. The van der Waals surface area contributed by atoms with Gasteiger partial charge in [-0.05, 0) is 26.0 Å². The highest BCUT2D eigenvalue weighted by Gasteiger charge is 2.22. The fourth-order valence-corrected chi connectivity index (χ4v) is 1.54. The van der Waals surface area contributed by atoms with E-state index >= 15 is 0 Å². The normalized spacial score (nSPS) is 11.4. The minimum absolute atomic E-state index is 0.0122. The first kappa shape index (κ1) is 13.4. The van der Waals surface area contributed by atoms with E-state index < -0.39 is 23.1 Å². The van der Waals surface area contributed by atoms with Gasteiger partial charge in [0, 0.05) is 19.7 Å². The number of rotatable bonds is 3. The number of halogens is 1. The summed E-state index contributed by atoms with van der Waals surface area (Å²) >= 11 is 0. The van der Waals surface area contributed by atoms with Crippen LogP contribution in [0, 0.1) is 5.82 Å². The van der Waals surface area contributed by atoms with Gasteiger partial charge in [0.2, 0.25) is 0 Å². The van der Waals surface area contributed by atoms with Gasteiger partial charge < -0.3 is 15.1 Å². The Morgan fingerprint density at radius 1 is 1.47 bits per heavy atom. The third kappa shape index (κ3) is 3.71. The van der Waals surface area contributed by atoms with E-state index in [2.05, 4.69) is 0 Å². The molecule has 4 nitrogen and oxygen atoms in total. The van der Waals surface area contributed by atoms with Crippen LogP contribution in [0.15, 0.2) is 18.2 Å². The standard InChI is InChI=1S/C12H16FNO3/c1-12(2,17)7-14(3)11(16)9-5-4-8(13)6-10(9)15/h4-6,15,17H,7H2,1-3H3. The fraction of sp³-hybridized carbons (Fsp3) is 0.417. The molecule has 2 N–H and O–H groups in total. The lowest BCUT2D eigenvalue weighted by molar-refractivity contribution is 0.0366. The van der Waals surface area contributed by atoms with Crippen LogP contribution in [0.25, 0.3) is 0 Å². The Labute approximate surface area is 99.3 Å². The number of nitrogens with zero attached hydrogens (tertiary/aromatic N) is 1. The van der Waals surface area contributed by atoms with Crippen LogP contribution < -0.4 is 0 Å². The number of hydrogen-bond acceptors (Lipinski definition) is 3. The van der Waals surface area contributed by atoms with E-state index in [-0.39, 0.29) is 12.1 Å². The number of amides is 1. The number of aromatic hydroxyl groups is 1. The maximum Gasteiger partial charge on any atom is 0.257 e. The van der Waals surface area contributed by atoms with Crippen LogP contribution in [0.3, 0.4) is 0 Å². The number of likely N-dealkylation sites (N-methyl/N-ethyl adjacent to an activating group) is 1. The molecule has 0 saturated carbocycles. The molecule has 0 aliphatic carbocycles. The molecule has 1 rings (SSSR count). The molecule has 0 spiro atoms. The zero-order valence-corrected chi connectivity index (χ0v) is 10.1. The number of phenolic OH excluding ortho intramolecular Hbond substituents is 1. The topological polar surface area (TPSA) is 60.8 Å². The van der Waals surface area contributed by atoms with E-state index in [0.717, 1.165) is 12.1 Å². The predicted octanol–water partition coefficient (Wildman–Crippen LogP) is 1.37. The van der Waals surface area contributed by atoms with Gasteiger partial charge in [0.05, 0.1) is 11.2 Å². The van der Waals surface area contributed by atoms with Gasteiger partial charge in [-0.25, -0.2) is 4.39 Å². The highest BCUT2D eigenvalue weighted by Crippen LogP contribution is 2.20. The van der Waals surface area contributed by atoms with Crippen molar-refractivity contribution in [1.82, 2.24) is 4.90 Å². The van der Waals surface area contributed by atoms with Crippen molar-refractivity contribution in [3.8, 4) is 5.75 Å². The first-order chi connectivity index (χ1) is 7.70. The van der Waals surface area contributed by atoms with E-state index in [9.17, 15) is 19.4 Å². The van der Waals surface area contributed by atoms with Crippen molar-refractivity contribution in [3.05, 3.63) is 29.6 Å². The van der Waals surface area contributed by atoms with Gasteiger partial charge in [0.15, 0.2) is 0 Å². The van der Waals surface area contributed by atoms with E-state index in [1.807, 2.05) is 0 Å². The number of aliphatic hydroxyl groups is 1. The lowest BCUT2D eigenvalue weighted by Gasteiger charge is -2.25. The Bertz CT molecular complexity index is 426. The van der Waals surface area contributed by atoms with Crippen LogP contribution in [0.1, 0.15) is 24.2 Å². The Kier molecular flexibility index (Phi) is 3.72. The quantitative estimate of drug-likeness (QED) is 0.840. The van der Waals surface area contributed by atoms with E-state index in [1.165, 1.54) is 18.0 Å². The highest BCUT2D eigenvalue weighted by atomic mass is 19.1. The monoisotopic (exact) mass is 241 g/mol. The Balaban J connectivity index is 2.89. The third-order valence-electron chi connectivity index (χ3n) is 2.16. The highest BCUT2D eigenvalue weighted by molar-refractivity contribution is 5.96. The summed E-state index contributed by atoms with van der Waals surface area (Å²) in [5.41, 5.74) is -1.02. The van der Waals surface area contributed by atoms with Crippen LogP contribution >= 0.6 is 0 Å². The molecule has 94 valence electrons. The van der Waals surface area contributed by atoms with Crippen molar-refractivity contribution in [2.45, 2.75) is 19.4 Å². The van der Waals surface area contributed by atoms with Crippen molar-refractivity contribution < 1.29 is 19.4 Å². The first-order valence-electron chi connectivity index (χ1n) is 5.17. The van der Waals surface area contributed by atoms with Crippen LogP contribution in [0.4, 0.5) is 4.39 Å². The summed E-state index contributed by atoms with van der Waals surface area (Å²) in [4.78, 5) is 13.2. The summed E-state index contributed by atoms with van der Waals surface area (Å²) in [5.74, 6) is -1.48. The average Bonchev–Trinajstić information content (AvgIpc) is 2.14. The maximum absolute atomic E-state index is 12.8. The molecule has 0 fully saturated rings. The Morgan fingerprint density at radius 3 is 2.53 bits per heavy atom. The van der Waals surface area contributed by atoms with E-state index in [0.29, 0.717) is 0 Å². The second kappa shape index (κ2) is 4.71. The van der Waals surface area contributed by atoms with Gasteiger partial charge in [-0.3, -0.25) is 4.79 Å². The average molecular weight is 241 g/mol. The van der Waals surface area contributed by atoms with Gasteiger partial charge >= 0.3 is 0 Å². The van der Waals surface area contributed by atoms with Crippen LogP contribution in [-0.4, -0.2) is 40.2 Å². The third-order valence-corrected chi connectivity index (χ3v) is 2.16. The molecule has 1 aromatic carbocycles. The minimum Gasteiger partial charge on any atom is -0.507 e. The Morgan fingerprint density at radius 2 is 2.06 bits per heavy atom. The number of carbonyl (C=O) groups excluding carboxylic acids is 1. The van der Waals surface area contributed by atoms with E-state index in [4.69, 9.17) is 0 Å². The van der Waals surface area contributed by atoms with Gasteiger partial charge in [-0.1, -0.05) is 0 Å². The zero-order chi connectivity index (χ0) is 13.2. The van der Waals surface area contributed by atoms with Crippen LogP contribution in [0.5, 0.6) is 5.75 Å². The fourth-order valence-electron chi connectivity index (χ4n) is 1.54. The van der Waals surface area contributed by atoms with Gasteiger partial charge in [0.1, 0.15) is 11.6 Å². The molecule has 0 radical (unpaired) electrons. The van der Waals surface area contributed by atoms with E-state index in [1.54, 1.807) is 13.8 Å². The minimum atomic E-state index is -1.03. The Hall–Kier alpha value is -1.62. The molecule has 17 heavy (non-hydrogen) atoms. The molecule has 0 aliphatic heterocycles. The number of hydrogen-bond donors (Lipinski definition) is 2. The number of benzene rings is 1. The summed E-state index contributed by atoms with van der Waals surface area (Å²) in [7, 11) is 1.50. The molecular formula is C12H16FNO3. The summed E-state index contributed by atoms with van der Waals surface area (Å²) in [6.45, 7) is 3.26. The smallest absolute Gasteiger partial charge is 0.257 e. The van der Waals surface area contributed by atoms with Gasteiger partial charge in [0.25, 0.3) is 5.91 Å². The second-order valence-corrected chi connectivity index (χ2v) is 4.64. The predicted molar refractivity (Wildman–Crippen MR) is 61.3 cm³/mol. The molecule has 5 heteroatoms. The molecule has 0 unspecified atom stereocenters. The molecule has 0 aromatic heterocycles. The van der Waals surface area contributed by atoms with Crippen molar-refractivity contribution in [2.75, 3.05) is 13.6 Å². The number of carbonyl (C=O) groups is 1. The molecule has 0 saturated heterocycles. The van der Waals surface area contributed by atoms with Crippen LogP contribution in [0.2, 0.25) is 0 Å². The van der Waals surface area contributed by atoms with Crippen molar-refractivity contribution in [1.29, 1.82) is 0 Å². The summed E-state index contributed by atoms with van der Waals surface area (Å²) < 4.78 is 12.8. The van der Waals surface area contributed by atoms with Gasteiger partial charge in [-0.2, -0.15) is 0 Å². The lowest BCUT2D eigenvalue weighted by Crippen LogP contribution is -2.39. The molecular weight excluding hydrogens is 225 g/mol. The second-order valence-electron chi connectivity index (χ2n) is 4.64. The lowest BCUT2D eigenvalue weighted by atomic mass is 10.1. The van der Waals surface area contributed by atoms with Crippen molar-refractivity contribution in [2.24, 2.45) is 0 Å². The van der Waals surface area contributed by atoms with Crippen LogP contribution in [-0.2, 0) is 0 Å². The van der Waals surface area contributed by atoms with Crippen molar-refractivity contribution >= 4 is 5.91 Å². The zero-order valence-electron chi connectivity index (χ0n) is 10.1.